The summed E-state index contributed by atoms with van der Waals surface area (Å²) in [6, 6.07) is 7.03. The maximum absolute atomic E-state index is 12.9. The molecule has 10 heteroatoms. The molecule has 0 spiro atoms. The standard InChI is InChI=1S/C15H19N4O5P/c1-4-23-25(21,24-5-2)15(20)12-8-10-6-7-11(22-3)9-13(10)19-14(12)16-17-18-19/h6-9,15,20H,4-5H2,1-3H3. The molecule has 0 bridgehead atoms. The van der Waals surface area contributed by atoms with Crippen molar-refractivity contribution in [2.45, 2.75) is 19.7 Å². The Hall–Kier alpha value is -2.06. The fourth-order valence-corrected chi connectivity index (χ4v) is 4.22. The molecule has 0 aliphatic carbocycles. The minimum atomic E-state index is -3.78. The van der Waals surface area contributed by atoms with E-state index in [4.69, 9.17) is 13.8 Å². The van der Waals surface area contributed by atoms with Crippen LogP contribution in [-0.4, -0.2) is 45.5 Å². The maximum atomic E-state index is 12.9. The molecule has 0 aliphatic rings. The molecular weight excluding hydrogens is 347 g/mol. The number of hydrogen-bond donors (Lipinski definition) is 1. The molecule has 1 unspecified atom stereocenters. The molecule has 1 aromatic carbocycles. The first-order valence-electron chi connectivity index (χ1n) is 7.79. The van der Waals surface area contributed by atoms with Crippen molar-refractivity contribution >= 4 is 24.1 Å². The lowest BCUT2D eigenvalue weighted by Gasteiger charge is -2.22. The molecule has 0 amide bonds. The first-order chi connectivity index (χ1) is 12.0. The zero-order valence-electron chi connectivity index (χ0n) is 14.1. The smallest absolute Gasteiger partial charge is 0.363 e. The van der Waals surface area contributed by atoms with Gasteiger partial charge in [-0.25, -0.2) is 0 Å². The van der Waals surface area contributed by atoms with Gasteiger partial charge in [0.15, 0.2) is 11.5 Å². The summed E-state index contributed by atoms with van der Waals surface area (Å²) in [7, 11) is -2.22. The number of fused-ring (bicyclic) bond motifs is 3. The van der Waals surface area contributed by atoms with E-state index in [0.717, 1.165) is 5.39 Å². The van der Waals surface area contributed by atoms with E-state index in [2.05, 4.69) is 15.5 Å². The number of pyridine rings is 1. The summed E-state index contributed by atoms with van der Waals surface area (Å²) in [4.78, 5) is 0. The molecule has 0 saturated heterocycles. The van der Waals surface area contributed by atoms with Crippen LogP contribution in [0, 0.1) is 0 Å². The Morgan fingerprint density at radius 2 is 1.96 bits per heavy atom. The number of benzene rings is 1. The molecule has 0 fully saturated rings. The van der Waals surface area contributed by atoms with Crippen LogP contribution in [0.15, 0.2) is 24.3 Å². The number of hydrogen-bond acceptors (Lipinski definition) is 8. The molecule has 1 N–H and O–H groups in total. The first-order valence-corrected chi connectivity index (χ1v) is 9.40. The van der Waals surface area contributed by atoms with Crippen molar-refractivity contribution in [3.05, 3.63) is 29.8 Å². The van der Waals surface area contributed by atoms with Crippen molar-refractivity contribution < 1.29 is 23.5 Å². The summed E-state index contributed by atoms with van der Waals surface area (Å²) in [5.41, 5.74) is 1.23. The van der Waals surface area contributed by atoms with Gasteiger partial charge in [-0.15, -0.1) is 5.10 Å². The summed E-state index contributed by atoms with van der Waals surface area (Å²) >= 11 is 0. The highest BCUT2D eigenvalue weighted by atomic mass is 31.2. The maximum Gasteiger partial charge on any atom is 0.363 e. The lowest BCUT2D eigenvalue weighted by molar-refractivity contribution is 0.150. The minimum absolute atomic E-state index is 0.139. The number of methoxy groups -OCH3 is 1. The zero-order valence-corrected chi connectivity index (χ0v) is 15.0. The third kappa shape index (κ3) is 3.11. The van der Waals surface area contributed by atoms with E-state index in [1.807, 2.05) is 0 Å². The van der Waals surface area contributed by atoms with Crippen LogP contribution in [0.5, 0.6) is 5.75 Å². The number of rotatable bonds is 7. The minimum Gasteiger partial charge on any atom is -0.497 e. The van der Waals surface area contributed by atoms with Gasteiger partial charge in [0.1, 0.15) is 5.75 Å². The molecule has 0 aliphatic heterocycles. The van der Waals surface area contributed by atoms with Crippen LogP contribution in [0.4, 0.5) is 0 Å². The Balaban J connectivity index is 2.21. The lowest BCUT2D eigenvalue weighted by atomic mass is 10.1. The Morgan fingerprint density at radius 1 is 1.24 bits per heavy atom. The summed E-state index contributed by atoms with van der Waals surface area (Å²) in [6.07, 6.45) is 0. The molecule has 3 aromatic rings. The lowest BCUT2D eigenvalue weighted by Crippen LogP contribution is -2.08. The molecule has 0 saturated carbocycles. The van der Waals surface area contributed by atoms with E-state index in [1.54, 1.807) is 45.2 Å². The first kappa shape index (κ1) is 17.8. The fourth-order valence-electron chi connectivity index (χ4n) is 2.62. The van der Waals surface area contributed by atoms with Gasteiger partial charge in [0, 0.05) is 17.0 Å². The van der Waals surface area contributed by atoms with Gasteiger partial charge in [-0.1, -0.05) is 0 Å². The van der Waals surface area contributed by atoms with Crippen LogP contribution in [-0.2, 0) is 13.6 Å². The van der Waals surface area contributed by atoms with Gasteiger partial charge in [-0.3, -0.25) is 4.57 Å². The average molecular weight is 366 g/mol. The second-order valence-corrected chi connectivity index (χ2v) is 7.27. The van der Waals surface area contributed by atoms with E-state index in [0.29, 0.717) is 11.3 Å². The van der Waals surface area contributed by atoms with E-state index >= 15 is 0 Å². The van der Waals surface area contributed by atoms with Crippen molar-refractivity contribution in [2.75, 3.05) is 20.3 Å². The molecule has 25 heavy (non-hydrogen) atoms. The summed E-state index contributed by atoms with van der Waals surface area (Å²) in [5.74, 6) is -0.862. The zero-order chi connectivity index (χ0) is 18.0. The number of ether oxygens (including phenoxy) is 1. The molecule has 2 aromatic heterocycles. The Labute approximate surface area is 144 Å². The van der Waals surface area contributed by atoms with Crippen LogP contribution in [0.2, 0.25) is 0 Å². The summed E-state index contributed by atoms with van der Waals surface area (Å²) in [6.45, 7) is 3.64. The molecule has 0 radical (unpaired) electrons. The quantitative estimate of drug-likeness (QED) is 0.636. The molecule has 2 heterocycles. The van der Waals surface area contributed by atoms with Crippen molar-refractivity contribution in [3.63, 3.8) is 0 Å². The molecule has 3 rings (SSSR count). The summed E-state index contributed by atoms with van der Waals surface area (Å²) in [5, 5.41) is 23.0. The van der Waals surface area contributed by atoms with Crippen molar-refractivity contribution in [1.29, 1.82) is 0 Å². The van der Waals surface area contributed by atoms with Crippen molar-refractivity contribution in [1.82, 2.24) is 20.0 Å². The molecular formula is C15H19N4O5P. The van der Waals surface area contributed by atoms with Crippen LogP contribution in [0.1, 0.15) is 25.3 Å². The third-order valence-corrected chi connectivity index (χ3v) is 5.81. The Bertz CT molecular complexity index is 934. The van der Waals surface area contributed by atoms with Gasteiger partial charge < -0.3 is 18.9 Å². The van der Waals surface area contributed by atoms with Gasteiger partial charge in [0.2, 0.25) is 0 Å². The van der Waals surface area contributed by atoms with Crippen LogP contribution in [0.25, 0.3) is 16.6 Å². The Morgan fingerprint density at radius 3 is 2.60 bits per heavy atom. The molecule has 1 atom stereocenters. The highest BCUT2D eigenvalue weighted by molar-refractivity contribution is 7.54. The SMILES string of the molecule is CCOP(=O)(OCC)C(O)c1cc2ccc(OC)cc2n2nnnc12. The van der Waals surface area contributed by atoms with Crippen molar-refractivity contribution in [2.24, 2.45) is 0 Å². The predicted molar refractivity (Wildman–Crippen MR) is 90.7 cm³/mol. The molecule has 9 nitrogen and oxygen atoms in total. The van der Waals surface area contributed by atoms with Gasteiger partial charge in [0.25, 0.3) is 0 Å². The highest BCUT2D eigenvalue weighted by Crippen LogP contribution is 2.60. The van der Waals surface area contributed by atoms with Gasteiger partial charge >= 0.3 is 7.60 Å². The van der Waals surface area contributed by atoms with E-state index < -0.39 is 13.4 Å². The topological polar surface area (TPSA) is 108 Å². The van der Waals surface area contributed by atoms with Crippen LogP contribution >= 0.6 is 7.60 Å². The number of aromatic nitrogens is 4. The highest BCUT2D eigenvalue weighted by Gasteiger charge is 2.37. The summed E-state index contributed by atoms with van der Waals surface area (Å²) < 4.78 is 30.1. The van der Waals surface area contributed by atoms with Gasteiger partial charge in [0.05, 0.1) is 25.8 Å². The largest absolute Gasteiger partial charge is 0.497 e. The van der Waals surface area contributed by atoms with Gasteiger partial charge in [-0.05, 0) is 42.5 Å². The molecule has 134 valence electrons. The van der Waals surface area contributed by atoms with E-state index in [1.165, 1.54) is 4.52 Å². The second kappa shape index (κ2) is 7.05. The Kier molecular flexibility index (Phi) is 5.01. The van der Waals surface area contributed by atoms with Crippen molar-refractivity contribution in [3.8, 4) is 5.75 Å². The number of nitrogens with zero attached hydrogens (tertiary/aromatic N) is 4. The average Bonchev–Trinajstić information content (AvgIpc) is 3.10. The third-order valence-electron chi connectivity index (χ3n) is 3.70. The number of aliphatic hydroxyl groups excluding tert-OH is 1. The van der Waals surface area contributed by atoms with Crippen LogP contribution in [0.3, 0.4) is 0 Å². The van der Waals surface area contributed by atoms with Gasteiger partial charge in [-0.2, -0.15) is 4.52 Å². The number of tetrazole rings is 1. The second-order valence-electron chi connectivity index (χ2n) is 5.19. The number of aliphatic hydroxyl groups is 1. The van der Waals surface area contributed by atoms with E-state index in [9.17, 15) is 9.67 Å². The fraction of sp³-hybridized carbons (Fsp3) is 0.400. The van der Waals surface area contributed by atoms with E-state index in [-0.39, 0.29) is 24.4 Å². The van der Waals surface area contributed by atoms with Crippen LogP contribution < -0.4 is 4.74 Å². The normalized spacial score (nSPS) is 13.4. The predicted octanol–water partition coefficient (Wildman–Crippen LogP) is 2.54. The monoisotopic (exact) mass is 366 g/mol.